The van der Waals surface area contributed by atoms with Crippen molar-refractivity contribution < 1.29 is 14.3 Å². The number of nitrogens with one attached hydrogen (secondary N) is 1. The highest BCUT2D eigenvalue weighted by Crippen LogP contribution is 2.36. The second-order valence-corrected chi connectivity index (χ2v) is 7.61. The molecule has 0 bridgehead atoms. The Morgan fingerprint density at radius 3 is 2.67 bits per heavy atom. The van der Waals surface area contributed by atoms with Gasteiger partial charge in [0.2, 0.25) is 11.8 Å². The standard InChI is InChI=1S/C21H31N3O3/c1-4-24-13-5-6-16(14-24)22-21(26)18-11-12-19(25)23(2)20(18)15-7-9-17(27-3)10-8-15/h7-10,16,18,20H,4-6,11-14H2,1-3H3,(H,22,26). The molecule has 2 fully saturated rings. The van der Waals surface area contributed by atoms with E-state index in [-0.39, 0.29) is 29.8 Å². The molecule has 2 aliphatic heterocycles. The number of likely N-dealkylation sites (tertiary alicyclic amines) is 2. The summed E-state index contributed by atoms with van der Waals surface area (Å²) in [6.45, 7) is 5.20. The van der Waals surface area contributed by atoms with Crippen LogP contribution in [0.25, 0.3) is 0 Å². The molecule has 3 unspecified atom stereocenters. The average Bonchev–Trinajstić information content (AvgIpc) is 2.70. The van der Waals surface area contributed by atoms with Crippen LogP contribution in [0.4, 0.5) is 0 Å². The van der Waals surface area contributed by atoms with E-state index in [1.807, 2.05) is 24.3 Å². The lowest BCUT2D eigenvalue weighted by atomic mass is 9.83. The third-order valence-electron chi connectivity index (χ3n) is 5.95. The minimum absolute atomic E-state index is 0.0677. The van der Waals surface area contributed by atoms with Crippen molar-refractivity contribution in [2.24, 2.45) is 5.92 Å². The number of rotatable bonds is 5. The number of hydrogen-bond donors (Lipinski definition) is 1. The molecule has 1 N–H and O–H groups in total. The predicted octanol–water partition coefficient (Wildman–Crippen LogP) is 2.21. The second kappa shape index (κ2) is 8.74. The van der Waals surface area contributed by atoms with Crippen molar-refractivity contribution in [1.29, 1.82) is 0 Å². The normalized spacial score (nSPS) is 26.7. The van der Waals surface area contributed by atoms with Gasteiger partial charge in [-0.3, -0.25) is 9.59 Å². The van der Waals surface area contributed by atoms with Crippen LogP contribution in [0.3, 0.4) is 0 Å². The molecule has 2 heterocycles. The number of amides is 2. The van der Waals surface area contributed by atoms with E-state index in [1.165, 1.54) is 0 Å². The highest BCUT2D eigenvalue weighted by atomic mass is 16.5. The van der Waals surface area contributed by atoms with Crippen molar-refractivity contribution in [3.63, 3.8) is 0 Å². The van der Waals surface area contributed by atoms with Gasteiger partial charge in [-0.05, 0) is 50.0 Å². The Morgan fingerprint density at radius 1 is 1.26 bits per heavy atom. The number of methoxy groups -OCH3 is 1. The van der Waals surface area contributed by atoms with Gasteiger partial charge in [-0.15, -0.1) is 0 Å². The summed E-state index contributed by atoms with van der Waals surface area (Å²) in [6.07, 6.45) is 3.16. The van der Waals surface area contributed by atoms with Crippen LogP contribution in [0, 0.1) is 5.92 Å². The van der Waals surface area contributed by atoms with Crippen molar-refractivity contribution in [2.45, 2.75) is 44.7 Å². The molecule has 1 aromatic carbocycles. The maximum Gasteiger partial charge on any atom is 0.225 e. The molecule has 27 heavy (non-hydrogen) atoms. The van der Waals surface area contributed by atoms with Crippen LogP contribution in [0.2, 0.25) is 0 Å². The monoisotopic (exact) mass is 373 g/mol. The second-order valence-electron chi connectivity index (χ2n) is 7.61. The van der Waals surface area contributed by atoms with Gasteiger partial charge in [-0.1, -0.05) is 19.1 Å². The summed E-state index contributed by atoms with van der Waals surface area (Å²) in [5.74, 6) is 0.706. The van der Waals surface area contributed by atoms with E-state index in [2.05, 4.69) is 17.1 Å². The Bertz CT molecular complexity index is 661. The molecule has 0 aliphatic carbocycles. The largest absolute Gasteiger partial charge is 0.497 e. The summed E-state index contributed by atoms with van der Waals surface area (Å²) in [4.78, 5) is 29.5. The lowest BCUT2D eigenvalue weighted by molar-refractivity contribution is -0.142. The zero-order chi connectivity index (χ0) is 19.4. The van der Waals surface area contributed by atoms with Crippen molar-refractivity contribution in [3.05, 3.63) is 29.8 Å². The Hall–Kier alpha value is -2.08. The van der Waals surface area contributed by atoms with Crippen LogP contribution in [0.15, 0.2) is 24.3 Å². The first-order valence-corrected chi connectivity index (χ1v) is 9.95. The SMILES string of the molecule is CCN1CCCC(NC(=O)C2CCC(=O)N(C)C2c2ccc(OC)cc2)C1. The summed E-state index contributed by atoms with van der Waals surface area (Å²) in [7, 11) is 3.43. The molecule has 1 aromatic rings. The van der Waals surface area contributed by atoms with Crippen LogP contribution in [0.5, 0.6) is 5.75 Å². The summed E-state index contributed by atoms with van der Waals surface area (Å²) < 4.78 is 5.24. The number of piperidine rings is 2. The van der Waals surface area contributed by atoms with E-state index in [4.69, 9.17) is 4.74 Å². The maximum absolute atomic E-state index is 13.1. The van der Waals surface area contributed by atoms with Crippen LogP contribution in [-0.4, -0.2) is 61.4 Å². The maximum atomic E-state index is 13.1. The zero-order valence-corrected chi connectivity index (χ0v) is 16.6. The lowest BCUT2D eigenvalue weighted by Gasteiger charge is -2.40. The highest BCUT2D eigenvalue weighted by molar-refractivity contribution is 5.85. The van der Waals surface area contributed by atoms with Crippen molar-refractivity contribution in [3.8, 4) is 5.75 Å². The lowest BCUT2D eigenvalue weighted by Crippen LogP contribution is -2.52. The number of ether oxygens (including phenoxy) is 1. The minimum Gasteiger partial charge on any atom is -0.497 e. The van der Waals surface area contributed by atoms with Gasteiger partial charge < -0.3 is 19.9 Å². The van der Waals surface area contributed by atoms with Gasteiger partial charge in [-0.2, -0.15) is 0 Å². The zero-order valence-electron chi connectivity index (χ0n) is 16.6. The molecule has 2 saturated heterocycles. The molecule has 6 nitrogen and oxygen atoms in total. The molecule has 0 saturated carbocycles. The molecule has 2 aliphatic rings. The van der Waals surface area contributed by atoms with Crippen LogP contribution >= 0.6 is 0 Å². The van der Waals surface area contributed by atoms with Crippen LogP contribution in [0.1, 0.15) is 44.2 Å². The summed E-state index contributed by atoms with van der Waals surface area (Å²) >= 11 is 0. The van der Waals surface area contributed by atoms with Gasteiger partial charge in [0.1, 0.15) is 5.75 Å². The number of benzene rings is 1. The first-order chi connectivity index (χ1) is 13.0. The van der Waals surface area contributed by atoms with Crippen LogP contribution < -0.4 is 10.1 Å². The smallest absolute Gasteiger partial charge is 0.225 e. The number of nitrogens with zero attached hydrogens (tertiary/aromatic N) is 2. The first kappa shape index (κ1) is 19.7. The molecule has 148 valence electrons. The Balaban J connectivity index is 1.76. The fraction of sp³-hybridized carbons (Fsp3) is 0.619. The van der Waals surface area contributed by atoms with E-state index in [0.29, 0.717) is 12.8 Å². The van der Waals surface area contributed by atoms with Crippen molar-refractivity contribution in [1.82, 2.24) is 15.1 Å². The van der Waals surface area contributed by atoms with E-state index in [0.717, 1.165) is 43.8 Å². The Kier molecular flexibility index (Phi) is 6.37. The van der Waals surface area contributed by atoms with Crippen molar-refractivity contribution in [2.75, 3.05) is 33.8 Å². The van der Waals surface area contributed by atoms with Crippen LogP contribution in [-0.2, 0) is 9.59 Å². The predicted molar refractivity (Wildman–Crippen MR) is 105 cm³/mol. The van der Waals surface area contributed by atoms with Gasteiger partial charge in [0.05, 0.1) is 19.1 Å². The molecular weight excluding hydrogens is 342 g/mol. The summed E-state index contributed by atoms with van der Waals surface area (Å²) in [5.41, 5.74) is 0.977. The molecular formula is C21H31N3O3. The molecule has 0 radical (unpaired) electrons. The Morgan fingerprint density at radius 2 is 2.00 bits per heavy atom. The number of carbonyl (C=O) groups excluding carboxylic acids is 2. The van der Waals surface area contributed by atoms with E-state index < -0.39 is 0 Å². The molecule has 0 aromatic heterocycles. The number of carbonyl (C=O) groups is 2. The Labute approximate surface area is 161 Å². The van der Waals surface area contributed by atoms with Gasteiger partial charge in [0.25, 0.3) is 0 Å². The number of likely N-dealkylation sites (N-methyl/N-ethyl adjacent to an activating group) is 1. The fourth-order valence-electron chi connectivity index (χ4n) is 4.34. The van der Waals surface area contributed by atoms with Gasteiger partial charge in [0, 0.05) is 26.1 Å². The third kappa shape index (κ3) is 4.43. The first-order valence-electron chi connectivity index (χ1n) is 9.95. The van der Waals surface area contributed by atoms with Gasteiger partial charge >= 0.3 is 0 Å². The molecule has 3 rings (SSSR count). The quantitative estimate of drug-likeness (QED) is 0.860. The summed E-state index contributed by atoms with van der Waals surface area (Å²) in [5, 5.41) is 3.27. The topological polar surface area (TPSA) is 61.9 Å². The molecule has 0 spiro atoms. The highest BCUT2D eigenvalue weighted by Gasteiger charge is 2.39. The molecule has 2 amide bonds. The molecule has 3 atom stereocenters. The van der Waals surface area contributed by atoms with Crippen molar-refractivity contribution >= 4 is 11.8 Å². The third-order valence-corrected chi connectivity index (χ3v) is 5.95. The fourth-order valence-corrected chi connectivity index (χ4v) is 4.34. The van der Waals surface area contributed by atoms with E-state index in [9.17, 15) is 9.59 Å². The van der Waals surface area contributed by atoms with E-state index >= 15 is 0 Å². The summed E-state index contributed by atoms with van der Waals surface area (Å²) in [6, 6.07) is 7.65. The van der Waals surface area contributed by atoms with E-state index in [1.54, 1.807) is 19.1 Å². The molecule has 6 heteroatoms. The van der Waals surface area contributed by atoms with Gasteiger partial charge in [0.15, 0.2) is 0 Å². The number of hydrogen-bond acceptors (Lipinski definition) is 4. The van der Waals surface area contributed by atoms with Gasteiger partial charge in [-0.25, -0.2) is 0 Å². The minimum atomic E-state index is -0.233. The average molecular weight is 373 g/mol.